The van der Waals surface area contributed by atoms with E-state index >= 15 is 0 Å². The number of benzene rings is 2. The van der Waals surface area contributed by atoms with E-state index in [4.69, 9.17) is 14.6 Å². The van der Waals surface area contributed by atoms with Crippen molar-refractivity contribution in [3.8, 4) is 22.4 Å². The fourth-order valence-electron chi connectivity index (χ4n) is 3.93. The van der Waals surface area contributed by atoms with Gasteiger partial charge < -0.3 is 14.7 Å². The van der Waals surface area contributed by atoms with Crippen molar-refractivity contribution >= 4 is 20.1 Å². The number of hydrogen-bond donors (Lipinski definition) is 2. The van der Waals surface area contributed by atoms with E-state index in [-0.39, 0.29) is 24.5 Å². The summed E-state index contributed by atoms with van der Waals surface area (Å²) in [5.41, 5.74) is 6.05. The Morgan fingerprint density at radius 1 is 1.14 bits per heavy atom. The van der Waals surface area contributed by atoms with Gasteiger partial charge in [-0.15, -0.1) is 0 Å². The zero-order valence-corrected chi connectivity index (χ0v) is 21.6. The van der Waals surface area contributed by atoms with Crippen LogP contribution in [0, 0.1) is 12.7 Å². The first kappa shape index (κ1) is 27.5. The molecule has 0 saturated carbocycles. The lowest BCUT2D eigenvalue weighted by atomic mass is 9.90. The van der Waals surface area contributed by atoms with Gasteiger partial charge in [0, 0.05) is 17.3 Å². The third-order valence-corrected chi connectivity index (χ3v) is 6.91. The molecule has 3 aromatic rings. The van der Waals surface area contributed by atoms with Crippen LogP contribution in [-0.2, 0) is 13.9 Å². The summed E-state index contributed by atoms with van der Waals surface area (Å²) in [6, 6.07) is 16.5. The average molecular weight is 512 g/mol. The van der Waals surface area contributed by atoms with Crippen LogP contribution < -0.4 is 0 Å². The number of nitrogens with zero attached hydrogens (tertiary/aromatic N) is 1. The molecule has 0 bridgehead atoms. The Balaban J connectivity index is 1.97. The lowest BCUT2D eigenvalue weighted by Crippen LogP contribution is -2.15. The van der Waals surface area contributed by atoms with Gasteiger partial charge in [-0.25, -0.2) is 4.39 Å². The second-order valence-electron chi connectivity index (χ2n) is 8.88. The van der Waals surface area contributed by atoms with Gasteiger partial charge in [0.25, 0.3) is 0 Å². The topological polar surface area (TPSA) is 96.7 Å². The van der Waals surface area contributed by atoms with Crippen molar-refractivity contribution < 1.29 is 28.5 Å². The van der Waals surface area contributed by atoms with Gasteiger partial charge in [0.2, 0.25) is 0 Å². The highest BCUT2D eigenvalue weighted by atomic mass is 31.1. The van der Waals surface area contributed by atoms with E-state index in [1.807, 2.05) is 49.4 Å². The Bertz CT molecular complexity index is 1260. The quantitative estimate of drug-likeness (QED) is 0.292. The molecule has 0 fully saturated rings. The monoisotopic (exact) mass is 511 g/mol. The zero-order valence-electron chi connectivity index (χ0n) is 20.6. The molecule has 36 heavy (non-hydrogen) atoms. The fraction of sp³-hybridized carbons (Fsp3) is 0.286. The van der Waals surface area contributed by atoms with Crippen molar-refractivity contribution in [1.82, 2.24) is 4.98 Å². The molecular weight excluding hydrogens is 480 g/mol. The molecule has 0 spiro atoms. The number of pyridine rings is 1. The smallest absolute Gasteiger partial charge is 0.305 e. The zero-order chi connectivity index (χ0) is 26.2. The van der Waals surface area contributed by atoms with Gasteiger partial charge in [-0.1, -0.05) is 62.4 Å². The summed E-state index contributed by atoms with van der Waals surface area (Å²) in [4.78, 5) is 15.6. The van der Waals surface area contributed by atoms with E-state index < -0.39 is 26.5 Å². The van der Waals surface area contributed by atoms with E-state index in [1.54, 1.807) is 12.1 Å². The van der Waals surface area contributed by atoms with Crippen LogP contribution in [-0.4, -0.2) is 40.0 Å². The number of carboxylic acid groups (broad SMARTS) is 1. The minimum Gasteiger partial charge on any atom is -0.481 e. The number of aryl methyl sites for hydroxylation is 1. The summed E-state index contributed by atoms with van der Waals surface area (Å²) >= 11 is 0. The molecule has 2 atom stereocenters. The number of aromatic nitrogens is 1. The predicted molar refractivity (Wildman–Crippen MR) is 141 cm³/mol. The van der Waals surface area contributed by atoms with Crippen LogP contribution in [0.25, 0.3) is 28.5 Å². The summed E-state index contributed by atoms with van der Waals surface area (Å²) in [5.74, 6) is -1.38. The van der Waals surface area contributed by atoms with Crippen LogP contribution >= 0.6 is 8.03 Å². The summed E-state index contributed by atoms with van der Waals surface area (Å²) in [5, 5.41) is 18.4. The Labute approximate surface area is 211 Å². The summed E-state index contributed by atoms with van der Waals surface area (Å²) in [6.45, 7) is 5.99. The van der Waals surface area contributed by atoms with Crippen LogP contribution in [0.1, 0.15) is 43.0 Å². The maximum atomic E-state index is 13.9. The van der Waals surface area contributed by atoms with Crippen molar-refractivity contribution in [2.75, 3.05) is 12.8 Å². The van der Waals surface area contributed by atoms with Crippen LogP contribution in [0.3, 0.4) is 0 Å². The number of carbonyl (C=O) groups is 1. The van der Waals surface area contributed by atoms with E-state index in [0.717, 1.165) is 39.2 Å². The number of carboxylic acids is 1. The first-order chi connectivity index (χ1) is 17.2. The summed E-state index contributed by atoms with van der Waals surface area (Å²) in [7, 11) is -2.60. The Morgan fingerprint density at radius 2 is 1.86 bits per heavy atom. The van der Waals surface area contributed by atoms with E-state index in [2.05, 4.69) is 13.8 Å². The van der Waals surface area contributed by atoms with Crippen LogP contribution in [0.2, 0.25) is 0 Å². The Morgan fingerprint density at radius 3 is 2.50 bits per heavy atom. The van der Waals surface area contributed by atoms with Crippen molar-refractivity contribution in [3.63, 3.8) is 0 Å². The number of hydrogen-bond acceptors (Lipinski definition) is 5. The molecule has 3 rings (SSSR count). The second-order valence-corrected chi connectivity index (χ2v) is 10.3. The average Bonchev–Trinajstić information content (AvgIpc) is 2.81. The highest BCUT2D eigenvalue weighted by Crippen LogP contribution is 2.36. The van der Waals surface area contributed by atoms with E-state index in [1.165, 1.54) is 12.1 Å². The molecule has 0 aliphatic rings. The first-order valence-electron chi connectivity index (χ1n) is 11.7. The van der Waals surface area contributed by atoms with Crippen molar-refractivity contribution in [3.05, 3.63) is 83.3 Å². The van der Waals surface area contributed by atoms with Gasteiger partial charge in [0.1, 0.15) is 5.82 Å². The predicted octanol–water partition coefficient (Wildman–Crippen LogP) is 6.33. The largest absolute Gasteiger partial charge is 0.481 e. The first-order valence-corrected chi connectivity index (χ1v) is 13.3. The SMILES string of the molecule is Cc1cc(F)ccc1-c1cc(-c2ccccc2)nc(C(C)C)c1C=CCO[PH](=O)CC(O)CC(=O)O. The molecule has 1 aromatic heterocycles. The third kappa shape index (κ3) is 7.44. The fourth-order valence-corrected chi connectivity index (χ4v) is 4.86. The third-order valence-electron chi connectivity index (χ3n) is 5.62. The van der Waals surface area contributed by atoms with Gasteiger partial charge in [0.05, 0.1) is 30.5 Å². The Kier molecular flexibility index (Phi) is 9.71. The number of aliphatic hydroxyl groups excluding tert-OH is 1. The lowest BCUT2D eigenvalue weighted by Gasteiger charge is -2.18. The second kappa shape index (κ2) is 12.7. The van der Waals surface area contributed by atoms with E-state index in [9.17, 15) is 18.9 Å². The van der Waals surface area contributed by atoms with Gasteiger partial charge in [-0.05, 0) is 47.7 Å². The molecule has 0 saturated heterocycles. The molecule has 0 aliphatic heterocycles. The maximum Gasteiger partial charge on any atom is 0.305 e. The molecule has 2 aromatic carbocycles. The number of aliphatic hydroxyl groups is 1. The molecular formula is C28H31FNO5P. The van der Waals surface area contributed by atoms with Crippen LogP contribution in [0.15, 0.2) is 60.7 Å². The molecule has 0 aliphatic carbocycles. The molecule has 2 N–H and O–H groups in total. The Hall–Kier alpha value is -3.12. The van der Waals surface area contributed by atoms with Crippen molar-refractivity contribution in [2.45, 2.75) is 39.2 Å². The van der Waals surface area contributed by atoms with Gasteiger partial charge in [-0.3, -0.25) is 14.3 Å². The molecule has 6 nitrogen and oxygen atoms in total. The number of aliphatic carboxylic acids is 1. The highest BCUT2D eigenvalue weighted by molar-refractivity contribution is 7.39. The molecule has 2 unspecified atom stereocenters. The van der Waals surface area contributed by atoms with Crippen molar-refractivity contribution in [2.24, 2.45) is 0 Å². The maximum absolute atomic E-state index is 13.9. The molecule has 8 heteroatoms. The minimum atomic E-state index is -2.60. The number of halogens is 1. The van der Waals surface area contributed by atoms with Crippen LogP contribution in [0.5, 0.6) is 0 Å². The highest BCUT2D eigenvalue weighted by Gasteiger charge is 2.18. The summed E-state index contributed by atoms with van der Waals surface area (Å²) in [6.07, 6.45) is 1.67. The van der Waals surface area contributed by atoms with Gasteiger partial charge in [0.15, 0.2) is 8.03 Å². The van der Waals surface area contributed by atoms with Gasteiger partial charge in [-0.2, -0.15) is 0 Å². The molecule has 0 radical (unpaired) electrons. The molecule has 1 heterocycles. The lowest BCUT2D eigenvalue weighted by molar-refractivity contribution is -0.138. The van der Waals surface area contributed by atoms with Gasteiger partial charge >= 0.3 is 5.97 Å². The minimum absolute atomic E-state index is 0.0252. The van der Waals surface area contributed by atoms with E-state index in [0.29, 0.717) is 0 Å². The number of rotatable bonds is 11. The van der Waals surface area contributed by atoms with Crippen molar-refractivity contribution in [1.29, 1.82) is 0 Å². The summed E-state index contributed by atoms with van der Waals surface area (Å²) < 4.78 is 31.3. The standard InChI is InChI=1S/C28H31FNO5P/c1-18(2)28-24(10-7-13-35-36(34)17-22(31)15-27(32)33)25(23-12-11-21(29)14-19(23)3)16-26(30-28)20-8-5-4-6-9-20/h4-12,14,16,18,22,31,36H,13,15,17H2,1-3H3,(H,32,33). The molecule has 190 valence electrons. The van der Waals surface area contributed by atoms with Crippen LogP contribution in [0.4, 0.5) is 4.39 Å². The normalized spacial score (nSPS) is 13.3. The molecule has 0 amide bonds.